The normalized spacial score (nSPS) is 16.6. The standard InChI is InChI=1S/C16H21NO3/c1-3-20-16(19)9-8-15(18)17-14-7-5-12-10-11(2)4-6-13(12)14/h4,6,10,14H,3,5,7-9H2,1-2H3,(H,17,18)/t14-/m0/s1. The summed E-state index contributed by atoms with van der Waals surface area (Å²) in [6.45, 7) is 4.19. The number of rotatable bonds is 5. The number of ether oxygens (including phenoxy) is 1. The van der Waals surface area contributed by atoms with Gasteiger partial charge in [0.05, 0.1) is 19.1 Å². The quantitative estimate of drug-likeness (QED) is 0.840. The smallest absolute Gasteiger partial charge is 0.306 e. The molecule has 0 aliphatic heterocycles. The van der Waals surface area contributed by atoms with Crippen molar-refractivity contribution >= 4 is 11.9 Å². The minimum absolute atomic E-state index is 0.0836. The molecular weight excluding hydrogens is 254 g/mol. The average molecular weight is 275 g/mol. The first-order valence-corrected chi connectivity index (χ1v) is 7.14. The number of fused-ring (bicyclic) bond motifs is 1. The molecule has 4 nitrogen and oxygen atoms in total. The van der Waals surface area contributed by atoms with Gasteiger partial charge in [0.25, 0.3) is 0 Å². The molecule has 0 spiro atoms. The van der Waals surface area contributed by atoms with Gasteiger partial charge in [-0.25, -0.2) is 0 Å². The summed E-state index contributed by atoms with van der Waals surface area (Å²) in [6, 6.07) is 6.43. The van der Waals surface area contributed by atoms with Gasteiger partial charge in [-0.15, -0.1) is 0 Å². The Morgan fingerprint density at radius 3 is 2.90 bits per heavy atom. The van der Waals surface area contributed by atoms with Gasteiger partial charge in [-0.2, -0.15) is 0 Å². The van der Waals surface area contributed by atoms with E-state index in [0.717, 1.165) is 12.8 Å². The van der Waals surface area contributed by atoms with Crippen molar-refractivity contribution in [2.45, 2.75) is 45.6 Å². The molecule has 0 unspecified atom stereocenters. The molecule has 0 saturated heterocycles. The molecule has 0 bridgehead atoms. The minimum atomic E-state index is -0.315. The zero-order valence-corrected chi connectivity index (χ0v) is 12.1. The summed E-state index contributed by atoms with van der Waals surface area (Å²) < 4.78 is 4.81. The van der Waals surface area contributed by atoms with E-state index in [9.17, 15) is 9.59 Å². The van der Waals surface area contributed by atoms with Crippen molar-refractivity contribution in [3.63, 3.8) is 0 Å². The first-order chi connectivity index (χ1) is 9.60. The highest BCUT2D eigenvalue weighted by Crippen LogP contribution is 2.31. The molecular formula is C16H21NO3. The van der Waals surface area contributed by atoms with E-state index in [0.29, 0.717) is 6.61 Å². The molecule has 1 aromatic carbocycles. The van der Waals surface area contributed by atoms with Crippen molar-refractivity contribution < 1.29 is 14.3 Å². The Balaban J connectivity index is 1.86. The highest BCUT2D eigenvalue weighted by Gasteiger charge is 2.23. The highest BCUT2D eigenvalue weighted by molar-refractivity contribution is 5.81. The predicted octanol–water partition coefficient (Wildman–Crippen LogP) is 2.44. The molecule has 1 aliphatic carbocycles. The van der Waals surface area contributed by atoms with Gasteiger partial charge in [-0.3, -0.25) is 9.59 Å². The van der Waals surface area contributed by atoms with Crippen molar-refractivity contribution in [2.75, 3.05) is 6.61 Å². The molecule has 0 radical (unpaired) electrons. The number of amides is 1. The molecule has 20 heavy (non-hydrogen) atoms. The van der Waals surface area contributed by atoms with E-state index in [1.807, 2.05) is 0 Å². The van der Waals surface area contributed by atoms with Crippen molar-refractivity contribution in [3.05, 3.63) is 34.9 Å². The van der Waals surface area contributed by atoms with Crippen LogP contribution < -0.4 is 5.32 Å². The molecule has 108 valence electrons. The number of carbonyl (C=O) groups is 2. The molecule has 0 saturated carbocycles. The van der Waals surface area contributed by atoms with E-state index < -0.39 is 0 Å². The van der Waals surface area contributed by atoms with Crippen LogP contribution in [0, 0.1) is 6.92 Å². The maximum absolute atomic E-state index is 11.9. The van der Waals surface area contributed by atoms with E-state index in [1.54, 1.807) is 6.92 Å². The van der Waals surface area contributed by atoms with Crippen LogP contribution in [-0.4, -0.2) is 18.5 Å². The predicted molar refractivity (Wildman–Crippen MR) is 76.3 cm³/mol. The summed E-state index contributed by atoms with van der Waals surface area (Å²) in [7, 11) is 0. The van der Waals surface area contributed by atoms with Crippen LogP contribution in [-0.2, 0) is 20.7 Å². The molecule has 0 fully saturated rings. The molecule has 1 N–H and O–H groups in total. The second-order valence-corrected chi connectivity index (χ2v) is 5.17. The maximum atomic E-state index is 11.9. The Kier molecular flexibility index (Phi) is 4.77. The van der Waals surface area contributed by atoms with Gasteiger partial charge < -0.3 is 10.1 Å². The lowest BCUT2D eigenvalue weighted by atomic mass is 10.1. The fraction of sp³-hybridized carbons (Fsp3) is 0.500. The van der Waals surface area contributed by atoms with Crippen LogP contribution in [0.3, 0.4) is 0 Å². The Labute approximate surface area is 119 Å². The van der Waals surface area contributed by atoms with Crippen LogP contribution in [0.15, 0.2) is 18.2 Å². The first-order valence-electron chi connectivity index (χ1n) is 7.14. The largest absolute Gasteiger partial charge is 0.466 e. The molecule has 0 aromatic heterocycles. The van der Waals surface area contributed by atoms with E-state index in [2.05, 4.69) is 30.4 Å². The average Bonchev–Trinajstić information content (AvgIpc) is 2.79. The highest BCUT2D eigenvalue weighted by atomic mass is 16.5. The Hall–Kier alpha value is -1.84. The van der Waals surface area contributed by atoms with Crippen molar-refractivity contribution in [2.24, 2.45) is 0 Å². The Bertz CT molecular complexity index is 510. The summed E-state index contributed by atoms with van der Waals surface area (Å²) in [5, 5.41) is 3.01. The minimum Gasteiger partial charge on any atom is -0.466 e. The van der Waals surface area contributed by atoms with Gasteiger partial charge in [0.15, 0.2) is 0 Å². The molecule has 1 atom stereocenters. The maximum Gasteiger partial charge on any atom is 0.306 e. The molecule has 2 rings (SSSR count). The lowest BCUT2D eigenvalue weighted by Crippen LogP contribution is -2.27. The van der Waals surface area contributed by atoms with E-state index in [4.69, 9.17) is 4.74 Å². The summed E-state index contributed by atoms with van der Waals surface area (Å²) >= 11 is 0. The SMILES string of the molecule is CCOC(=O)CCC(=O)N[C@H]1CCc2cc(C)ccc21. The number of aryl methyl sites for hydroxylation is 2. The third kappa shape index (κ3) is 3.59. The molecule has 0 heterocycles. The van der Waals surface area contributed by atoms with Crippen LogP contribution in [0.1, 0.15) is 48.9 Å². The van der Waals surface area contributed by atoms with Crippen molar-refractivity contribution in [1.82, 2.24) is 5.32 Å². The van der Waals surface area contributed by atoms with Crippen LogP contribution in [0.25, 0.3) is 0 Å². The Morgan fingerprint density at radius 1 is 1.35 bits per heavy atom. The van der Waals surface area contributed by atoms with Gasteiger partial charge in [0, 0.05) is 6.42 Å². The van der Waals surface area contributed by atoms with Crippen LogP contribution >= 0.6 is 0 Å². The van der Waals surface area contributed by atoms with Gasteiger partial charge in [0.1, 0.15) is 0 Å². The number of nitrogens with one attached hydrogen (secondary N) is 1. The molecule has 1 aromatic rings. The second kappa shape index (κ2) is 6.55. The van der Waals surface area contributed by atoms with Gasteiger partial charge in [0.2, 0.25) is 5.91 Å². The van der Waals surface area contributed by atoms with E-state index in [-0.39, 0.29) is 30.8 Å². The van der Waals surface area contributed by atoms with Crippen molar-refractivity contribution in [3.8, 4) is 0 Å². The van der Waals surface area contributed by atoms with Gasteiger partial charge in [-0.05, 0) is 37.8 Å². The number of hydrogen-bond donors (Lipinski definition) is 1. The van der Waals surface area contributed by atoms with Crippen molar-refractivity contribution in [1.29, 1.82) is 0 Å². The first kappa shape index (κ1) is 14.6. The van der Waals surface area contributed by atoms with E-state index >= 15 is 0 Å². The second-order valence-electron chi connectivity index (χ2n) is 5.17. The summed E-state index contributed by atoms with van der Waals surface area (Å²) in [5.74, 6) is -0.401. The molecule has 1 aliphatic rings. The number of benzene rings is 1. The summed E-state index contributed by atoms with van der Waals surface area (Å²) in [6.07, 6.45) is 2.27. The number of hydrogen-bond acceptors (Lipinski definition) is 3. The number of esters is 1. The summed E-state index contributed by atoms with van der Waals surface area (Å²) in [4.78, 5) is 23.1. The number of carbonyl (C=O) groups excluding carboxylic acids is 2. The summed E-state index contributed by atoms with van der Waals surface area (Å²) in [5.41, 5.74) is 3.78. The molecule has 1 amide bonds. The third-order valence-electron chi connectivity index (χ3n) is 3.57. The fourth-order valence-electron chi connectivity index (χ4n) is 2.61. The van der Waals surface area contributed by atoms with Gasteiger partial charge >= 0.3 is 5.97 Å². The fourth-order valence-corrected chi connectivity index (χ4v) is 2.61. The van der Waals surface area contributed by atoms with Crippen LogP contribution in [0.5, 0.6) is 0 Å². The molecule has 4 heteroatoms. The van der Waals surface area contributed by atoms with Crippen LogP contribution in [0.2, 0.25) is 0 Å². The van der Waals surface area contributed by atoms with Crippen LogP contribution in [0.4, 0.5) is 0 Å². The van der Waals surface area contributed by atoms with E-state index in [1.165, 1.54) is 16.7 Å². The topological polar surface area (TPSA) is 55.4 Å². The zero-order valence-electron chi connectivity index (χ0n) is 12.1. The zero-order chi connectivity index (χ0) is 14.5. The third-order valence-corrected chi connectivity index (χ3v) is 3.57. The Morgan fingerprint density at radius 2 is 2.15 bits per heavy atom. The lowest BCUT2D eigenvalue weighted by molar-refractivity contribution is -0.144. The van der Waals surface area contributed by atoms with Gasteiger partial charge in [-0.1, -0.05) is 23.8 Å². The lowest BCUT2D eigenvalue weighted by Gasteiger charge is -2.14. The monoisotopic (exact) mass is 275 g/mol.